The summed E-state index contributed by atoms with van der Waals surface area (Å²) in [5.41, 5.74) is -0.336. The van der Waals surface area contributed by atoms with E-state index in [0.717, 1.165) is 4.67 Å². The summed E-state index contributed by atoms with van der Waals surface area (Å²) in [6.45, 7) is 7.20. The highest BCUT2D eigenvalue weighted by atomic mass is 31.2. The molecule has 0 N–H and O–H groups in total. The molecule has 0 aliphatic rings. The quantitative estimate of drug-likeness (QED) is 0.676. The second-order valence-corrected chi connectivity index (χ2v) is 7.55. The van der Waals surface area contributed by atoms with Gasteiger partial charge in [-0.25, -0.2) is 14.0 Å². The Hall–Kier alpha value is -1.36. The van der Waals surface area contributed by atoms with Gasteiger partial charge in [-0.3, -0.25) is 9.05 Å². The molecule has 0 heterocycles. The zero-order chi connectivity index (χ0) is 18.4. The topological polar surface area (TPSA) is 65.1 Å². The lowest BCUT2D eigenvalue weighted by molar-refractivity contribution is 0.0306. The van der Waals surface area contributed by atoms with Crippen molar-refractivity contribution in [2.75, 3.05) is 13.2 Å². The summed E-state index contributed by atoms with van der Waals surface area (Å²) >= 11 is 0. The van der Waals surface area contributed by atoms with Gasteiger partial charge in [-0.2, -0.15) is 0 Å². The Morgan fingerprint density at radius 2 is 1.70 bits per heavy atom. The molecule has 0 spiro atoms. The van der Waals surface area contributed by atoms with Crippen molar-refractivity contribution < 1.29 is 24.5 Å². The maximum atomic E-state index is 13.1. The van der Waals surface area contributed by atoms with Crippen molar-refractivity contribution in [3.8, 4) is 0 Å². The van der Waals surface area contributed by atoms with Gasteiger partial charge in [-0.1, -0.05) is 30.3 Å². The fraction of sp³-hybridized carbons (Fsp3) is 0.562. The molecule has 1 aromatic carbocycles. The van der Waals surface area contributed by atoms with E-state index in [2.05, 4.69) is 0 Å². The van der Waals surface area contributed by atoms with Crippen LogP contribution in [0.25, 0.3) is 0 Å². The van der Waals surface area contributed by atoms with Gasteiger partial charge in [-0.15, -0.1) is 0 Å². The number of amides is 1. The van der Waals surface area contributed by atoms with Gasteiger partial charge in [0.2, 0.25) is 0 Å². The predicted octanol–water partition coefficient (Wildman–Crippen LogP) is 4.60. The van der Waals surface area contributed by atoms with Gasteiger partial charge < -0.3 is 4.74 Å². The minimum Gasteiger partial charge on any atom is -0.443 e. The van der Waals surface area contributed by atoms with Crippen LogP contribution in [0.1, 0.15) is 41.6 Å². The Labute approximate surface area is 139 Å². The van der Waals surface area contributed by atoms with Crippen molar-refractivity contribution in [3.05, 3.63) is 35.9 Å². The fourth-order valence-electron chi connectivity index (χ4n) is 1.70. The first-order chi connectivity index (χ1) is 11.1. The first kappa shape index (κ1) is 18.0. The van der Waals surface area contributed by atoms with Gasteiger partial charge in [0.1, 0.15) is 5.60 Å². The number of benzene rings is 1. The third kappa shape index (κ3) is 6.34. The second kappa shape index (κ2) is 8.48. The second-order valence-electron chi connectivity index (χ2n) is 5.67. The molecular formula is C16H26NO5P. The molecule has 0 aromatic heterocycles. The number of nitrogens with zero attached hydrogens (tertiary/aromatic N) is 1. The Bertz CT molecular complexity index is 566. The van der Waals surface area contributed by atoms with Crippen molar-refractivity contribution in [1.82, 2.24) is 4.67 Å². The summed E-state index contributed by atoms with van der Waals surface area (Å²) in [5.74, 6) is 0. The molecule has 6 nitrogen and oxygen atoms in total. The molecule has 130 valence electrons. The number of hydrogen-bond acceptors (Lipinski definition) is 5. The van der Waals surface area contributed by atoms with E-state index >= 15 is 0 Å². The van der Waals surface area contributed by atoms with E-state index in [1.807, 2.05) is 0 Å². The van der Waals surface area contributed by atoms with Crippen molar-refractivity contribution in [2.45, 2.75) is 46.7 Å². The van der Waals surface area contributed by atoms with Crippen LogP contribution in [0, 0.1) is 0 Å². The summed E-state index contributed by atoms with van der Waals surface area (Å²) < 4.78 is 38.1. The molecule has 0 unspecified atom stereocenters. The summed E-state index contributed by atoms with van der Waals surface area (Å²) in [5, 5.41) is 0. The van der Waals surface area contributed by atoms with Crippen LogP contribution >= 0.6 is 7.75 Å². The summed E-state index contributed by atoms with van der Waals surface area (Å²) in [6, 6.07) is 8.58. The minimum absolute atomic E-state index is 0.0675. The zero-order valence-corrected chi connectivity index (χ0v) is 15.2. The van der Waals surface area contributed by atoms with Crippen molar-refractivity contribution in [2.24, 2.45) is 0 Å². The molecule has 0 bridgehead atoms. The number of ether oxygens (including phenoxy) is 1. The smallest absolute Gasteiger partial charge is 0.440 e. The Kier molecular flexibility index (Phi) is 6.63. The lowest BCUT2D eigenvalue weighted by atomic mass is 10.2. The highest BCUT2D eigenvalue weighted by Crippen LogP contribution is 2.53. The van der Waals surface area contributed by atoms with Crippen molar-refractivity contribution >= 4 is 13.8 Å². The van der Waals surface area contributed by atoms with Crippen LogP contribution in [0.5, 0.6) is 0 Å². The maximum absolute atomic E-state index is 13.1. The van der Waals surface area contributed by atoms with Gasteiger partial charge in [0.25, 0.3) is 0 Å². The normalized spacial score (nSPS) is 14.0. The van der Waals surface area contributed by atoms with Gasteiger partial charge in [-0.05, 0) is 40.2 Å². The molecule has 1 rings (SSSR count). The third-order valence-electron chi connectivity index (χ3n) is 2.50. The Balaban J connectivity index is 3.29. The van der Waals surface area contributed by atoms with Crippen LogP contribution in [-0.4, -0.2) is 29.6 Å². The molecule has 0 fully saturated rings. The molecule has 0 saturated heterocycles. The summed E-state index contributed by atoms with van der Waals surface area (Å²) in [7, 11) is -4.02. The first-order valence-corrected chi connectivity index (χ1v) is 9.03. The van der Waals surface area contributed by atoms with Crippen LogP contribution < -0.4 is 0 Å². The Morgan fingerprint density at radius 3 is 2.13 bits per heavy atom. The van der Waals surface area contributed by atoms with Crippen molar-refractivity contribution in [3.63, 3.8) is 0 Å². The van der Waals surface area contributed by atoms with E-state index in [1.54, 1.807) is 65.0 Å². The van der Waals surface area contributed by atoms with Crippen molar-refractivity contribution in [1.29, 1.82) is 0 Å². The first-order valence-electron chi connectivity index (χ1n) is 8.11. The Morgan fingerprint density at radius 1 is 1.17 bits per heavy atom. The predicted molar refractivity (Wildman–Crippen MR) is 89.1 cm³/mol. The highest BCUT2D eigenvalue weighted by Gasteiger charge is 2.39. The monoisotopic (exact) mass is 344 g/mol. The van der Waals surface area contributed by atoms with Gasteiger partial charge >= 0.3 is 13.8 Å². The molecule has 0 radical (unpaired) electrons. The molecule has 0 aliphatic carbocycles. The molecule has 23 heavy (non-hydrogen) atoms. The zero-order valence-electron chi connectivity index (χ0n) is 15.3. The average molecular weight is 344 g/mol. The van der Waals surface area contributed by atoms with Crippen LogP contribution in [0.2, 0.25) is 0 Å². The van der Waals surface area contributed by atoms with Crippen LogP contribution in [0.3, 0.4) is 0 Å². The van der Waals surface area contributed by atoms with E-state index in [9.17, 15) is 9.36 Å². The molecule has 1 amide bonds. The van der Waals surface area contributed by atoms with Crippen LogP contribution in [0.4, 0.5) is 4.79 Å². The molecule has 0 aliphatic heterocycles. The largest absolute Gasteiger partial charge is 0.443 e. The molecular weight excluding hydrogens is 317 g/mol. The number of hydrogen-bond donors (Lipinski definition) is 0. The van der Waals surface area contributed by atoms with E-state index in [4.69, 9.17) is 15.2 Å². The molecule has 1 aromatic rings. The van der Waals surface area contributed by atoms with Gasteiger partial charge in [0, 0.05) is 0 Å². The number of carbonyl (C=O) groups is 1. The lowest BCUT2D eigenvalue weighted by Crippen LogP contribution is -2.35. The van der Waals surface area contributed by atoms with E-state index in [0.29, 0.717) is 5.56 Å². The highest BCUT2D eigenvalue weighted by molar-refractivity contribution is 7.52. The third-order valence-corrected chi connectivity index (χ3v) is 4.48. The fourth-order valence-corrected chi connectivity index (χ4v) is 3.19. The number of carbonyl (C=O) groups excluding carboxylic acids is 1. The SMILES string of the molecule is [2H][C@H](c1ccccc1)N(C(=O)OC(C)(C)C)P(=O)(OCC)OCC. The maximum Gasteiger partial charge on any atom is 0.440 e. The minimum atomic E-state index is -4.02. The summed E-state index contributed by atoms with van der Waals surface area (Å²) in [4.78, 5) is 12.6. The average Bonchev–Trinajstić information content (AvgIpc) is 2.46. The van der Waals surface area contributed by atoms with Gasteiger partial charge in [0.05, 0.1) is 21.1 Å². The number of rotatable bonds is 7. The summed E-state index contributed by atoms with van der Waals surface area (Å²) in [6.07, 6.45) is -0.920. The van der Waals surface area contributed by atoms with E-state index in [-0.39, 0.29) is 13.2 Å². The van der Waals surface area contributed by atoms with Crippen LogP contribution in [0.15, 0.2) is 30.3 Å². The van der Waals surface area contributed by atoms with Crippen LogP contribution in [-0.2, 0) is 24.9 Å². The molecule has 1 atom stereocenters. The van der Waals surface area contributed by atoms with Gasteiger partial charge in [0.15, 0.2) is 0 Å². The standard InChI is InChI=1S/C16H26NO5P/c1-6-20-23(19,21-7-2)17(15(18)22-16(3,4)5)13-14-11-9-8-10-12-14/h8-12H,6-7,13H2,1-5H3/i13D/t13-/m1/s1. The lowest BCUT2D eigenvalue weighted by Gasteiger charge is -2.31. The molecule has 7 heteroatoms. The molecule has 0 saturated carbocycles. The van der Waals surface area contributed by atoms with E-state index in [1.165, 1.54) is 0 Å². The van der Waals surface area contributed by atoms with E-state index < -0.39 is 26.0 Å².